The Kier molecular flexibility index (Phi) is 4.19. The smallest absolute Gasteiger partial charge is 0.263 e. The van der Waals surface area contributed by atoms with E-state index in [4.69, 9.17) is 10.8 Å². The summed E-state index contributed by atoms with van der Waals surface area (Å²) in [6.45, 7) is 3.63. The van der Waals surface area contributed by atoms with Crippen molar-refractivity contribution >= 4 is 17.2 Å². The predicted molar refractivity (Wildman–Crippen MR) is 58.8 cm³/mol. The molecule has 1 rings (SSSR count). The van der Waals surface area contributed by atoms with Crippen LogP contribution in [-0.2, 0) is 0 Å². The zero-order chi connectivity index (χ0) is 11.4. The van der Waals surface area contributed by atoms with Gasteiger partial charge in [-0.1, -0.05) is 0 Å². The highest BCUT2D eigenvalue weighted by molar-refractivity contribution is 7.11. The molecule has 1 heterocycles. The molecule has 0 radical (unpaired) electrons. The van der Waals surface area contributed by atoms with Gasteiger partial charge in [-0.3, -0.25) is 4.79 Å². The maximum Gasteiger partial charge on any atom is 0.263 e. The number of rotatable bonds is 4. The number of carbonyl (C=O) groups is 1. The summed E-state index contributed by atoms with van der Waals surface area (Å²) in [4.78, 5) is 16.1. The second-order valence-corrected chi connectivity index (χ2v) is 4.24. The van der Waals surface area contributed by atoms with Crippen molar-refractivity contribution in [2.75, 3.05) is 6.54 Å². The van der Waals surface area contributed by atoms with Crippen LogP contribution in [0.25, 0.3) is 0 Å². The standard InChI is InChI=1S/C9H15N3O2S/c1-5-8(15-4-12-5)9(14)11-3-7(10)6(2)13/h4,6-7,13H,3,10H2,1-2H3,(H,11,14). The molecular weight excluding hydrogens is 214 g/mol. The lowest BCUT2D eigenvalue weighted by Gasteiger charge is -2.14. The van der Waals surface area contributed by atoms with Gasteiger partial charge in [-0.25, -0.2) is 4.98 Å². The number of amides is 1. The molecule has 0 bridgehead atoms. The van der Waals surface area contributed by atoms with Crippen molar-refractivity contribution in [2.24, 2.45) is 5.73 Å². The fourth-order valence-electron chi connectivity index (χ4n) is 0.981. The van der Waals surface area contributed by atoms with Crippen molar-refractivity contribution in [1.29, 1.82) is 0 Å². The molecule has 0 aromatic carbocycles. The number of aromatic nitrogens is 1. The predicted octanol–water partition coefficient (Wildman–Crippen LogP) is -0.111. The monoisotopic (exact) mass is 229 g/mol. The van der Waals surface area contributed by atoms with Crippen LogP contribution in [-0.4, -0.2) is 34.7 Å². The Morgan fingerprint density at radius 1 is 1.80 bits per heavy atom. The topological polar surface area (TPSA) is 88.2 Å². The summed E-state index contributed by atoms with van der Waals surface area (Å²) in [6.07, 6.45) is -0.632. The highest BCUT2D eigenvalue weighted by Crippen LogP contribution is 2.11. The van der Waals surface area contributed by atoms with Gasteiger partial charge in [0.25, 0.3) is 5.91 Å². The number of hydrogen-bond donors (Lipinski definition) is 3. The largest absolute Gasteiger partial charge is 0.392 e. The van der Waals surface area contributed by atoms with Crippen LogP contribution < -0.4 is 11.1 Å². The molecule has 0 saturated heterocycles. The van der Waals surface area contributed by atoms with E-state index in [9.17, 15) is 4.79 Å². The summed E-state index contributed by atoms with van der Waals surface area (Å²) in [5.74, 6) is -0.189. The molecule has 0 aliphatic rings. The average molecular weight is 229 g/mol. The Morgan fingerprint density at radius 2 is 2.47 bits per heavy atom. The van der Waals surface area contributed by atoms with Gasteiger partial charge in [-0.2, -0.15) is 0 Å². The Hall–Kier alpha value is -0.980. The number of hydrogen-bond acceptors (Lipinski definition) is 5. The number of thiazole rings is 1. The Bertz CT molecular complexity index is 338. The van der Waals surface area contributed by atoms with Crippen molar-refractivity contribution in [3.8, 4) is 0 Å². The van der Waals surface area contributed by atoms with E-state index in [0.717, 1.165) is 0 Å². The molecule has 84 valence electrons. The number of aryl methyl sites for hydroxylation is 1. The van der Waals surface area contributed by atoms with Crippen LogP contribution in [0.15, 0.2) is 5.51 Å². The first-order valence-electron chi connectivity index (χ1n) is 4.64. The van der Waals surface area contributed by atoms with E-state index in [1.165, 1.54) is 11.3 Å². The number of carbonyl (C=O) groups excluding carboxylic acids is 1. The zero-order valence-electron chi connectivity index (χ0n) is 8.73. The van der Waals surface area contributed by atoms with E-state index in [1.807, 2.05) is 0 Å². The minimum absolute atomic E-state index is 0.189. The van der Waals surface area contributed by atoms with Gasteiger partial charge in [0.1, 0.15) is 4.88 Å². The fourth-order valence-corrected chi connectivity index (χ4v) is 1.70. The van der Waals surface area contributed by atoms with Crippen LogP contribution in [0.1, 0.15) is 22.3 Å². The summed E-state index contributed by atoms with van der Waals surface area (Å²) >= 11 is 1.29. The molecule has 1 aromatic rings. The van der Waals surface area contributed by atoms with E-state index in [1.54, 1.807) is 19.4 Å². The minimum Gasteiger partial charge on any atom is -0.392 e. The number of aliphatic hydroxyl groups is 1. The van der Waals surface area contributed by atoms with Crippen molar-refractivity contribution in [3.05, 3.63) is 16.1 Å². The van der Waals surface area contributed by atoms with Crippen molar-refractivity contribution in [3.63, 3.8) is 0 Å². The number of nitrogens with zero attached hydrogens (tertiary/aromatic N) is 1. The second kappa shape index (κ2) is 5.20. The first kappa shape index (κ1) is 12.1. The fraction of sp³-hybridized carbons (Fsp3) is 0.556. The molecule has 1 aromatic heterocycles. The summed E-state index contributed by atoms with van der Waals surface area (Å²) < 4.78 is 0. The van der Waals surface area contributed by atoms with E-state index in [0.29, 0.717) is 10.6 Å². The normalized spacial score (nSPS) is 14.7. The van der Waals surface area contributed by atoms with Gasteiger partial charge in [0.2, 0.25) is 0 Å². The quantitative estimate of drug-likeness (QED) is 0.672. The number of aliphatic hydroxyl groups excluding tert-OH is 1. The second-order valence-electron chi connectivity index (χ2n) is 3.38. The third kappa shape index (κ3) is 3.26. The highest BCUT2D eigenvalue weighted by Gasteiger charge is 2.14. The molecule has 0 spiro atoms. The van der Waals surface area contributed by atoms with E-state index >= 15 is 0 Å². The summed E-state index contributed by atoms with van der Waals surface area (Å²) in [6, 6.07) is -0.442. The first-order chi connectivity index (χ1) is 7.02. The van der Waals surface area contributed by atoms with Gasteiger partial charge in [0, 0.05) is 12.6 Å². The lowest BCUT2D eigenvalue weighted by atomic mass is 10.2. The third-order valence-electron chi connectivity index (χ3n) is 2.07. The lowest BCUT2D eigenvalue weighted by Crippen LogP contribution is -2.43. The molecule has 6 heteroatoms. The maximum atomic E-state index is 11.6. The summed E-state index contributed by atoms with van der Waals surface area (Å²) in [7, 11) is 0. The van der Waals surface area contributed by atoms with Crippen LogP contribution >= 0.6 is 11.3 Å². The molecule has 2 unspecified atom stereocenters. The summed E-state index contributed by atoms with van der Waals surface area (Å²) in [5.41, 5.74) is 7.91. The first-order valence-corrected chi connectivity index (χ1v) is 5.52. The lowest BCUT2D eigenvalue weighted by molar-refractivity contribution is 0.0941. The molecule has 0 fully saturated rings. The molecule has 2 atom stereocenters. The minimum atomic E-state index is -0.632. The molecule has 0 aliphatic heterocycles. The Labute approximate surface area is 92.3 Å². The van der Waals surface area contributed by atoms with Gasteiger partial charge < -0.3 is 16.2 Å². The van der Waals surface area contributed by atoms with Gasteiger partial charge in [0.05, 0.1) is 17.3 Å². The zero-order valence-corrected chi connectivity index (χ0v) is 9.54. The SMILES string of the molecule is Cc1ncsc1C(=O)NCC(N)C(C)O. The number of nitrogens with one attached hydrogen (secondary N) is 1. The highest BCUT2D eigenvalue weighted by atomic mass is 32.1. The van der Waals surface area contributed by atoms with E-state index in [2.05, 4.69) is 10.3 Å². The average Bonchev–Trinajstić information content (AvgIpc) is 2.60. The van der Waals surface area contributed by atoms with Gasteiger partial charge >= 0.3 is 0 Å². The van der Waals surface area contributed by atoms with Crippen molar-refractivity contribution < 1.29 is 9.90 Å². The van der Waals surface area contributed by atoms with Crippen LogP contribution in [0, 0.1) is 6.92 Å². The molecule has 4 N–H and O–H groups in total. The van der Waals surface area contributed by atoms with Gasteiger partial charge in [-0.05, 0) is 13.8 Å². The van der Waals surface area contributed by atoms with Crippen molar-refractivity contribution in [1.82, 2.24) is 10.3 Å². The van der Waals surface area contributed by atoms with E-state index < -0.39 is 12.1 Å². The third-order valence-corrected chi connectivity index (χ3v) is 3.00. The van der Waals surface area contributed by atoms with Crippen LogP contribution in [0.3, 0.4) is 0 Å². The van der Waals surface area contributed by atoms with E-state index in [-0.39, 0.29) is 12.5 Å². The molecule has 0 saturated carbocycles. The number of nitrogens with two attached hydrogens (primary N) is 1. The molecule has 1 amide bonds. The Morgan fingerprint density at radius 3 is 2.93 bits per heavy atom. The van der Waals surface area contributed by atoms with Gasteiger partial charge in [-0.15, -0.1) is 11.3 Å². The maximum absolute atomic E-state index is 11.6. The van der Waals surface area contributed by atoms with Crippen LogP contribution in [0.5, 0.6) is 0 Å². The summed E-state index contributed by atoms with van der Waals surface area (Å²) in [5, 5.41) is 11.8. The Balaban J connectivity index is 2.47. The molecule has 0 aliphatic carbocycles. The van der Waals surface area contributed by atoms with Crippen molar-refractivity contribution in [2.45, 2.75) is 26.0 Å². The van der Waals surface area contributed by atoms with Crippen LogP contribution in [0.4, 0.5) is 0 Å². The van der Waals surface area contributed by atoms with Gasteiger partial charge in [0.15, 0.2) is 0 Å². The molecule has 5 nitrogen and oxygen atoms in total. The van der Waals surface area contributed by atoms with Crippen LogP contribution in [0.2, 0.25) is 0 Å². The molecule has 15 heavy (non-hydrogen) atoms. The molecular formula is C9H15N3O2S.